The number of nitrogens with one attached hydrogen (secondary N) is 1. The van der Waals surface area contributed by atoms with Crippen LogP contribution in [0.4, 0.5) is 0 Å². The molecule has 5 nitrogen and oxygen atoms in total. The molecule has 0 aromatic rings. The zero-order valence-electron chi connectivity index (χ0n) is 10.5. The van der Waals surface area contributed by atoms with E-state index in [0.29, 0.717) is 13.2 Å². The van der Waals surface area contributed by atoms with Gasteiger partial charge in [-0.3, -0.25) is 9.59 Å². The maximum Gasteiger partial charge on any atom is 0.303 e. The number of hydrogen-bond donors (Lipinski definition) is 2. The summed E-state index contributed by atoms with van der Waals surface area (Å²) in [5.41, 5.74) is -0.721. The molecule has 1 rings (SSSR count). The van der Waals surface area contributed by atoms with E-state index in [0.717, 1.165) is 19.3 Å². The molecule has 0 radical (unpaired) electrons. The quantitative estimate of drug-likeness (QED) is 0.734. The maximum absolute atomic E-state index is 11.9. The van der Waals surface area contributed by atoms with Gasteiger partial charge in [0.15, 0.2) is 0 Å². The van der Waals surface area contributed by atoms with Crippen LogP contribution in [0.25, 0.3) is 0 Å². The molecule has 1 heterocycles. The van der Waals surface area contributed by atoms with Crippen LogP contribution in [0.1, 0.15) is 39.5 Å². The van der Waals surface area contributed by atoms with Gasteiger partial charge in [-0.15, -0.1) is 0 Å². The van der Waals surface area contributed by atoms with E-state index in [1.165, 1.54) is 0 Å². The molecule has 0 bridgehead atoms. The molecule has 2 atom stereocenters. The molecule has 1 saturated heterocycles. The van der Waals surface area contributed by atoms with Crippen LogP contribution in [0.5, 0.6) is 0 Å². The Hall–Kier alpha value is -1.10. The number of amides is 1. The standard InChI is InChI=1S/C12H21NO4/c1-3-9(7-10(14)15)8-13-11(16)12(2)5-4-6-17-12/h9H,3-8H2,1-2H3,(H,13,16)(H,14,15). The fourth-order valence-corrected chi connectivity index (χ4v) is 1.99. The normalized spacial score (nSPS) is 25.5. The summed E-state index contributed by atoms with van der Waals surface area (Å²) in [7, 11) is 0. The molecule has 0 aliphatic carbocycles. The monoisotopic (exact) mass is 243 g/mol. The highest BCUT2D eigenvalue weighted by Crippen LogP contribution is 2.25. The molecule has 17 heavy (non-hydrogen) atoms. The van der Waals surface area contributed by atoms with Gasteiger partial charge in [0.25, 0.3) is 5.91 Å². The predicted octanol–water partition coefficient (Wildman–Crippen LogP) is 1.17. The summed E-state index contributed by atoms with van der Waals surface area (Å²) in [6, 6.07) is 0. The van der Waals surface area contributed by atoms with E-state index in [1.54, 1.807) is 6.92 Å². The average Bonchev–Trinajstić information content (AvgIpc) is 2.71. The number of aliphatic carboxylic acids is 1. The lowest BCUT2D eigenvalue weighted by atomic mass is 9.99. The molecule has 2 N–H and O–H groups in total. The fraction of sp³-hybridized carbons (Fsp3) is 0.833. The first-order valence-electron chi connectivity index (χ1n) is 6.12. The third-order valence-corrected chi connectivity index (χ3v) is 3.29. The van der Waals surface area contributed by atoms with Crippen LogP contribution in [0.15, 0.2) is 0 Å². The molecule has 98 valence electrons. The Morgan fingerprint density at radius 2 is 2.24 bits per heavy atom. The van der Waals surface area contributed by atoms with Crippen molar-refractivity contribution >= 4 is 11.9 Å². The zero-order chi connectivity index (χ0) is 12.9. The van der Waals surface area contributed by atoms with Crippen molar-refractivity contribution < 1.29 is 19.4 Å². The summed E-state index contributed by atoms with van der Waals surface area (Å²) in [4.78, 5) is 22.5. The second-order valence-electron chi connectivity index (χ2n) is 4.77. The molecule has 0 aromatic heterocycles. The van der Waals surface area contributed by atoms with E-state index in [9.17, 15) is 9.59 Å². The van der Waals surface area contributed by atoms with Gasteiger partial charge >= 0.3 is 5.97 Å². The third-order valence-electron chi connectivity index (χ3n) is 3.29. The Morgan fingerprint density at radius 1 is 1.53 bits per heavy atom. The molecular weight excluding hydrogens is 222 g/mol. The summed E-state index contributed by atoms with van der Waals surface area (Å²) in [6.07, 6.45) is 2.46. The van der Waals surface area contributed by atoms with Crippen LogP contribution in [-0.2, 0) is 14.3 Å². The molecule has 5 heteroatoms. The Kier molecular flexibility index (Phi) is 4.93. The molecular formula is C12H21NO4. The Morgan fingerprint density at radius 3 is 2.71 bits per heavy atom. The summed E-state index contributed by atoms with van der Waals surface area (Å²) in [5.74, 6) is -0.963. The van der Waals surface area contributed by atoms with E-state index in [-0.39, 0.29) is 18.2 Å². The highest BCUT2D eigenvalue weighted by atomic mass is 16.5. The fourth-order valence-electron chi connectivity index (χ4n) is 1.99. The first-order chi connectivity index (χ1) is 7.98. The first kappa shape index (κ1) is 14.0. The van der Waals surface area contributed by atoms with Crippen molar-refractivity contribution in [3.8, 4) is 0 Å². The van der Waals surface area contributed by atoms with E-state index < -0.39 is 11.6 Å². The van der Waals surface area contributed by atoms with Crippen LogP contribution < -0.4 is 5.32 Å². The van der Waals surface area contributed by atoms with Crippen LogP contribution in [-0.4, -0.2) is 35.7 Å². The molecule has 2 unspecified atom stereocenters. The van der Waals surface area contributed by atoms with Gasteiger partial charge in [-0.25, -0.2) is 0 Å². The van der Waals surface area contributed by atoms with Gasteiger partial charge in [0, 0.05) is 19.6 Å². The summed E-state index contributed by atoms with van der Waals surface area (Å²) < 4.78 is 5.42. The van der Waals surface area contributed by atoms with Gasteiger partial charge in [0.2, 0.25) is 0 Å². The smallest absolute Gasteiger partial charge is 0.303 e. The van der Waals surface area contributed by atoms with Gasteiger partial charge in [0.05, 0.1) is 0 Å². The number of carbonyl (C=O) groups is 2. The third kappa shape index (κ3) is 4.00. The molecule has 0 saturated carbocycles. The summed E-state index contributed by atoms with van der Waals surface area (Å²) in [6.45, 7) is 4.73. The van der Waals surface area contributed by atoms with Crippen molar-refractivity contribution in [2.45, 2.75) is 45.1 Å². The minimum absolute atomic E-state index is 0.0125. The second kappa shape index (κ2) is 6.00. The number of rotatable bonds is 6. The number of ether oxygens (including phenoxy) is 1. The van der Waals surface area contributed by atoms with Crippen molar-refractivity contribution in [1.82, 2.24) is 5.32 Å². The van der Waals surface area contributed by atoms with Gasteiger partial charge in [-0.1, -0.05) is 13.3 Å². The number of carboxylic acids is 1. The van der Waals surface area contributed by atoms with Gasteiger partial charge in [0.1, 0.15) is 5.60 Å². The minimum atomic E-state index is -0.825. The molecule has 1 aliphatic rings. The van der Waals surface area contributed by atoms with Crippen molar-refractivity contribution in [3.05, 3.63) is 0 Å². The predicted molar refractivity (Wildman–Crippen MR) is 62.6 cm³/mol. The van der Waals surface area contributed by atoms with Crippen LogP contribution >= 0.6 is 0 Å². The lowest BCUT2D eigenvalue weighted by Crippen LogP contribution is -2.45. The average molecular weight is 243 g/mol. The molecule has 0 spiro atoms. The van der Waals surface area contributed by atoms with Crippen LogP contribution in [0, 0.1) is 5.92 Å². The lowest BCUT2D eigenvalue weighted by Gasteiger charge is -2.23. The maximum atomic E-state index is 11.9. The first-order valence-corrected chi connectivity index (χ1v) is 6.12. The highest BCUT2D eigenvalue weighted by Gasteiger charge is 2.37. The van der Waals surface area contributed by atoms with Crippen molar-refractivity contribution in [2.24, 2.45) is 5.92 Å². The highest BCUT2D eigenvalue weighted by molar-refractivity contribution is 5.85. The van der Waals surface area contributed by atoms with Gasteiger partial charge in [-0.05, 0) is 25.7 Å². The van der Waals surface area contributed by atoms with Crippen LogP contribution in [0.3, 0.4) is 0 Å². The zero-order valence-corrected chi connectivity index (χ0v) is 10.5. The Balaban J connectivity index is 2.38. The van der Waals surface area contributed by atoms with Gasteiger partial charge in [-0.2, -0.15) is 0 Å². The summed E-state index contributed by atoms with van der Waals surface area (Å²) >= 11 is 0. The number of carboxylic acid groups (broad SMARTS) is 1. The molecule has 0 aromatic carbocycles. The second-order valence-corrected chi connectivity index (χ2v) is 4.77. The molecule has 1 aliphatic heterocycles. The number of hydrogen-bond acceptors (Lipinski definition) is 3. The van der Waals surface area contributed by atoms with Crippen molar-refractivity contribution in [1.29, 1.82) is 0 Å². The van der Waals surface area contributed by atoms with E-state index in [2.05, 4.69) is 5.32 Å². The largest absolute Gasteiger partial charge is 0.481 e. The van der Waals surface area contributed by atoms with E-state index in [1.807, 2.05) is 6.92 Å². The molecule has 1 fully saturated rings. The Bertz CT molecular complexity index is 284. The van der Waals surface area contributed by atoms with E-state index >= 15 is 0 Å². The van der Waals surface area contributed by atoms with Crippen molar-refractivity contribution in [3.63, 3.8) is 0 Å². The van der Waals surface area contributed by atoms with Crippen LogP contribution in [0.2, 0.25) is 0 Å². The number of carbonyl (C=O) groups excluding carboxylic acids is 1. The SMILES string of the molecule is CCC(CNC(=O)C1(C)CCCO1)CC(=O)O. The van der Waals surface area contributed by atoms with E-state index in [4.69, 9.17) is 9.84 Å². The Labute approximate surface area is 102 Å². The lowest BCUT2D eigenvalue weighted by molar-refractivity contribution is -0.141. The van der Waals surface area contributed by atoms with Crippen molar-refractivity contribution in [2.75, 3.05) is 13.2 Å². The minimum Gasteiger partial charge on any atom is -0.481 e. The van der Waals surface area contributed by atoms with Gasteiger partial charge < -0.3 is 15.2 Å². The molecule has 1 amide bonds. The topological polar surface area (TPSA) is 75.6 Å². The summed E-state index contributed by atoms with van der Waals surface area (Å²) in [5, 5.41) is 11.5.